The minimum absolute atomic E-state index is 0.385. The Morgan fingerprint density at radius 1 is 1.10 bits per heavy atom. The van der Waals surface area contributed by atoms with E-state index in [-0.39, 0.29) is 5.69 Å². The molecule has 4 aromatic rings. The lowest BCUT2D eigenvalue weighted by Gasteiger charge is -2.00. The van der Waals surface area contributed by atoms with E-state index in [1.165, 1.54) is 0 Å². The molecule has 0 saturated carbocycles. The third kappa shape index (κ3) is 1.97. The lowest BCUT2D eigenvalue weighted by molar-refractivity contribution is 0.666. The van der Waals surface area contributed by atoms with Crippen molar-refractivity contribution >= 4 is 38.0 Å². The van der Waals surface area contributed by atoms with E-state index in [0.29, 0.717) is 22.4 Å². The van der Waals surface area contributed by atoms with Gasteiger partial charge >= 0.3 is 5.69 Å². The molecular weight excluding hydrogens is 332 g/mol. The molecule has 0 atom stereocenters. The third-order valence-corrected chi connectivity index (χ3v) is 3.85. The monoisotopic (exact) mass is 340 g/mol. The molecular formula is C16H9BrN2O2. The fourth-order valence-corrected chi connectivity index (χ4v) is 2.80. The number of nitrogens with zero attached hydrogens (tertiary/aromatic N) is 1. The van der Waals surface area contributed by atoms with Crippen LogP contribution >= 0.6 is 15.9 Å². The molecule has 21 heavy (non-hydrogen) atoms. The van der Waals surface area contributed by atoms with Gasteiger partial charge in [-0.2, -0.15) is 4.98 Å². The van der Waals surface area contributed by atoms with Crippen molar-refractivity contribution in [3.63, 3.8) is 0 Å². The van der Waals surface area contributed by atoms with Crippen molar-refractivity contribution in [2.45, 2.75) is 0 Å². The van der Waals surface area contributed by atoms with Gasteiger partial charge in [0.1, 0.15) is 11.3 Å². The molecule has 0 saturated heterocycles. The Hall–Kier alpha value is -2.40. The van der Waals surface area contributed by atoms with Gasteiger partial charge in [0.25, 0.3) is 0 Å². The molecule has 0 amide bonds. The summed E-state index contributed by atoms with van der Waals surface area (Å²) in [6.45, 7) is 0. The maximum atomic E-state index is 11.9. The van der Waals surface area contributed by atoms with Crippen molar-refractivity contribution in [2.24, 2.45) is 0 Å². The predicted octanol–water partition coefficient (Wildman–Crippen LogP) is 4.10. The van der Waals surface area contributed by atoms with E-state index in [1.807, 2.05) is 48.5 Å². The summed E-state index contributed by atoms with van der Waals surface area (Å²) in [7, 11) is 0. The van der Waals surface area contributed by atoms with Gasteiger partial charge in [0, 0.05) is 15.4 Å². The zero-order valence-corrected chi connectivity index (χ0v) is 12.3. The van der Waals surface area contributed by atoms with Crippen LogP contribution in [0.15, 0.2) is 62.2 Å². The van der Waals surface area contributed by atoms with Gasteiger partial charge in [0.15, 0.2) is 5.58 Å². The van der Waals surface area contributed by atoms with Gasteiger partial charge < -0.3 is 9.40 Å². The van der Waals surface area contributed by atoms with Gasteiger partial charge in [0.05, 0.1) is 5.52 Å². The molecule has 4 nitrogen and oxygen atoms in total. The van der Waals surface area contributed by atoms with Crippen LogP contribution in [0.2, 0.25) is 0 Å². The quantitative estimate of drug-likeness (QED) is 0.567. The topological polar surface area (TPSA) is 58.9 Å². The van der Waals surface area contributed by atoms with Crippen LogP contribution < -0.4 is 5.69 Å². The van der Waals surface area contributed by atoms with Crippen LogP contribution in [0.5, 0.6) is 0 Å². The zero-order chi connectivity index (χ0) is 14.4. The van der Waals surface area contributed by atoms with Crippen LogP contribution in [0.3, 0.4) is 0 Å². The van der Waals surface area contributed by atoms with Crippen LogP contribution in [-0.2, 0) is 0 Å². The minimum Gasteiger partial charge on any atom is -0.452 e. The maximum absolute atomic E-state index is 11.9. The summed E-state index contributed by atoms with van der Waals surface area (Å²) in [6.07, 6.45) is 0. The highest BCUT2D eigenvalue weighted by Crippen LogP contribution is 2.33. The van der Waals surface area contributed by atoms with E-state index in [0.717, 1.165) is 15.4 Å². The number of hydrogen-bond acceptors (Lipinski definition) is 3. The number of aromatic amines is 1. The standard InChI is InChI=1S/C16H9BrN2O2/c17-10-6-7-12-11(8-10)14-15(21-12)13(18-16(20)19-14)9-4-2-1-3-5-9/h1-8H,(H,18,19,20). The van der Waals surface area contributed by atoms with Crippen LogP contribution in [-0.4, -0.2) is 9.97 Å². The first-order chi connectivity index (χ1) is 10.2. The second-order valence-corrected chi connectivity index (χ2v) is 5.62. The SMILES string of the molecule is O=c1nc(-c2ccccc2)c2oc3ccc(Br)cc3c2[nH]1. The molecule has 0 aliphatic heterocycles. The van der Waals surface area contributed by atoms with Crippen molar-refractivity contribution in [1.82, 2.24) is 9.97 Å². The predicted molar refractivity (Wildman–Crippen MR) is 85.3 cm³/mol. The maximum Gasteiger partial charge on any atom is 0.346 e. The molecule has 2 heterocycles. The van der Waals surface area contributed by atoms with E-state index in [4.69, 9.17) is 4.42 Å². The normalized spacial score (nSPS) is 11.3. The number of benzene rings is 2. The molecule has 0 aliphatic rings. The highest BCUT2D eigenvalue weighted by molar-refractivity contribution is 9.10. The Labute approximate surface area is 127 Å². The Morgan fingerprint density at radius 2 is 1.90 bits per heavy atom. The first kappa shape index (κ1) is 12.3. The molecule has 1 N–H and O–H groups in total. The van der Waals surface area contributed by atoms with E-state index >= 15 is 0 Å². The first-order valence-corrected chi connectivity index (χ1v) is 7.19. The molecule has 102 valence electrons. The molecule has 0 aliphatic carbocycles. The summed E-state index contributed by atoms with van der Waals surface area (Å²) >= 11 is 3.44. The number of halogens is 1. The molecule has 0 bridgehead atoms. The van der Waals surface area contributed by atoms with E-state index in [9.17, 15) is 4.79 Å². The Bertz CT molecular complexity index is 1020. The van der Waals surface area contributed by atoms with Crippen LogP contribution in [0.25, 0.3) is 33.3 Å². The van der Waals surface area contributed by atoms with Crippen LogP contribution in [0, 0.1) is 0 Å². The van der Waals surface area contributed by atoms with Crippen molar-refractivity contribution in [1.29, 1.82) is 0 Å². The average molecular weight is 341 g/mol. The molecule has 2 aromatic heterocycles. The zero-order valence-electron chi connectivity index (χ0n) is 10.8. The highest BCUT2D eigenvalue weighted by atomic mass is 79.9. The number of furan rings is 1. The number of nitrogens with one attached hydrogen (secondary N) is 1. The molecule has 2 aromatic carbocycles. The second-order valence-electron chi connectivity index (χ2n) is 4.70. The van der Waals surface area contributed by atoms with Gasteiger partial charge in [-0.25, -0.2) is 4.79 Å². The van der Waals surface area contributed by atoms with E-state index < -0.39 is 0 Å². The Balaban J connectivity index is 2.17. The van der Waals surface area contributed by atoms with Crippen LogP contribution in [0.1, 0.15) is 0 Å². The first-order valence-electron chi connectivity index (χ1n) is 6.40. The van der Waals surface area contributed by atoms with Crippen molar-refractivity contribution in [2.75, 3.05) is 0 Å². The number of H-pyrrole nitrogens is 1. The van der Waals surface area contributed by atoms with Gasteiger partial charge in [-0.1, -0.05) is 46.3 Å². The Kier molecular flexibility index (Phi) is 2.68. The summed E-state index contributed by atoms with van der Waals surface area (Å²) in [6, 6.07) is 15.2. The van der Waals surface area contributed by atoms with Crippen molar-refractivity contribution in [3.05, 3.63) is 63.5 Å². The van der Waals surface area contributed by atoms with Crippen molar-refractivity contribution in [3.8, 4) is 11.3 Å². The Morgan fingerprint density at radius 3 is 2.71 bits per heavy atom. The number of rotatable bonds is 1. The molecule has 5 heteroatoms. The highest BCUT2D eigenvalue weighted by Gasteiger charge is 2.15. The minimum atomic E-state index is -0.385. The molecule has 0 unspecified atom stereocenters. The molecule has 0 spiro atoms. The second kappa shape index (κ2) is 4.56. The van der Waals surface area contributed by atoms with E-state index in [2.05, 4.69) is 25.9 Å². The van der Waals surface area contributed by atoms with E-state index in [1.54, 1.807) is 0 Å². The number of fused-ring (bicyclic) bond motifs is 3. The fourth-order valence-electron chi connectivity index (χ4n) is 2.44. The van der Waals surface area contributed by atoms with Gasteiger partial charge in [-0.3, -0.25) is 0 Å². The van der Waals surface area contributed by atoms with Gasteiger partial charge in [-0.15, -0.1) is 0 Å². The van der Waals surface area contributed by atoms with Gasteiger partial charge in [0.2, 0.25) is 0 Å². The van der Waals surface area contributed by atoms with Gasteiger partial charge in [-0.05, 0) is 18.2 Å². The molecule has 0 fully saturated rings. The lowest BCUT2D eigenvalue weighted by atomic mass is 10.1. The van der Waals surface area contributed by atoms with Crippen molar-refractivity contribution < 1.29 is 4.42 Å². The largest absolute Gasteiger partial charge is 0.452 e. The smallest absolute Gasteiger partial charge is 0.346 e. The summed E-state index contributed by atoms with van der Waals surface area (Å²) in [5.74, 6) is 0. The number of hydrogen-bond donors (Lipinski definition) is 1. The summed E-state index contributed by atoms with van der Waals surface area (Å²) in [5, 5.41) is 0.857. The number of aromatic nitrogens is 2. The fraction of sp³-hybridized carbons (Fsp3) is 0. The average Bonchev–Trinajstić information content (AvgIpc) is 2.85. The lowest BCUT2D eigenvalue weighted by Crippen LogP contribution is -2.10. The van der Waals surface area contributed by atoms with Crippen LogP contribution in [0.4, 0.5) is 0 Å². The summed E-state index contributed by atoms with van der Waals surface area (Å²) in [5.41, 5.74) is 3.01. The summed E-state index contributed by atoms with van der Waals surface area (Å²) in [4.78, 5) is 18.7. The molecule has 0 radical (unpaired) electrons. The third-order valence-electron chi connectivity index (χ3n) is 3.36. The molecule has 4 rings (SSSR count). The summed E-state index contributed by atoms with van der Waals surface area (Å²) < 4.78 is 6.82.